The lowest BCUT2D eigenvalue weighted by atomic mass is 10.1. The maximum Gasteiger partial charge on any atom is 0.272 e. The molecule has 110 valence electrons. The van der Waals surface area contributed by atoms with Gasteiger partial charge in [-0.3, -0.25) is 19.2 Å². The van der Waals surface area contributed by atoms with Crippen LogP contribution < -0.4 is 5.73 Å². The number of primary amides is 1. The highest BCUT2D eigenvalue weighted by Gasteiger charge is 2.35. The molecule has 1 aliphatic rings. The second-order valence-corrected chi connectivity index (χ2v) is 5.35. The minimum Gasteiger partial charge on any atom is -0.368 e. The summed E-state index contributed by atoms with van der Waals surface area (Å²) >= 11 is 0. The fraction of sp³-hybridized carbons (Fsp3) is 0.615. The monoisotopic (exact) mass is 279 g/mol. The summed E-state index contributed by atoms with van der Waals surface area (Å²) in [5.74, 6) is -0.664. The summed E-state index contributed by atoms with van der Waals surface area (Å²) in [5, 5.41) is 3.99. The number of hydrogen-bond donors (Lipinski definition) is 1. The molecule has 2 amide bonds. The molecule has 2 rings (SSSR count). The number of aryl methyl sites for hydroxylation is 1. The third-order valence-corrected chi connectivity index (χ3v) is 3.77. The number of nitrogens with zero attached hydrogens (tertiary/aromatic N) is 4. The van der Waals surface area contributed by atoms with Gasteiger partial charge in [0, 0.05) is 38.9 Å². The molecule has 1 aliphatic heterocycles. The van der Waals surface area contributed by atoms with Crippen molar-refractivity contribution < 1.29 is 9.59 Å². The van der Waals surface area contributed by atoms with E-state index in [1.165, 1.54) is 4.68 Å². The topological polar surface area (TPSA) is 84.5 Å². The zero-order chi connectivity index (χ0) is 14.9. The third-order valence-electron chi connectivity index (χ3n) is 3.77. The summed E-state index contributed by atoms with van der Waals surface area (Å²) in [4.78, 5) is 27.9. The molecule has 0 spiro atoms. The summed E-state index contributed by atoms with van der Waals surface area (Å²) in [6.07, 6.45) is 1.57. The van der Waals surface area contributed by atoms with Crippen LogP contribution in [0.3, 0.4) is 0 Å². The van der Waals surface area contributed by atoms with Crippen LogP contribution in [0.15, 0.2) is 12.3 Å². The predicted octanol–water partition coefficient (Wildman–Crippen LogP) is -0.560. The first-order valence-electron chi connectivity index (χ1n) is 6.74. The van der Waals surface area contributed by atoms with E-state index in [9.17, 15) is 9.59 Å². The molecule has 1 atom stereocenters. The lowest BCUT2D eigenvalue weighted by Crippen LogP contribution is -2.61. The van der Waals surface area contributed by atoms with Gasteiger partial charge < -0.3 is 10.6 Å². The Balaban J connectivity index is 2.20. The van der Waals surface area contributed by atoms with Crippen molar-refractivity contribution in [3.8, 4) is 0 Å². The van der Waals surface area contributed by atoms with Crippen molar-refractivity contribution >= 4 is 11.8 Å². The first-order valence-corrected chi connectivity index (χ1v) is 6.74. The molecule has 20 heavy (non-hydrogen) atoms. The van der Waals surface area contributed by atoms with E-state index >= 15 is 0 Å². The Morgan fingerprint density at radius 3 is 2.60 bits per heavy atom. The van der Waals surface area contributed by atoms with Crippen LogP contribution in [0.2, 0.25) is 0 Å². The smallest absolute Gasteiger partial charge is 0.272 e. The molecule has 0 saturated carbocycles. The molecule has 7 nitrogen and oxygen atoms in total. The van der Waals surface area contributed by atoms with Gasteiger partial charge in [-0.1, -0.05) is 0 Å². The van der Waals surface area contributed by atoms with Gasteiger partial charge in [0.1, 0.15) is 11.7 Å². The van der Waals surface area contributed by atoms with E-state index in [2.05, 4.69) is 23.8 Å². The standard InChI is InChI=1S/C13H21N5O2/c1-9(2)17-6-7-18(11(8-17)12(14)19)13(20)10-4-5-15-16(10)3/h4-5,9,11H,6-8H2,1-3H3,(H2,14,19). The molecule has 1 aromatic heterocycles. The molecule has 0 aliphatic carbocycles. The van der Waals surface area contributed by atoms with Crippen LogP contribution in [0.25, 0.3) is 0 Å². The largest absolute Gasteiger partial charge is 0.368 e. The first-order chi connectivity index (χ1) is 9.41. The Morgan fingerprint density at radius 1 is 1.40 bits per heavy atom. The second-order valence-electron chi connectivity index (χ2n) is 5.35. The average molecular weight is 279 g/mol. The molecule has 2 N–H and O–H groups in total. The number of rotatable bonds is 3. The number of piperazine rings is 1. The molecular weight excluding hydrogens is 258 g/mol. The van der Waals surface area contributed by atoms with E-state index in [0.717, 1.165) is 6.54 Å². The Hall–Kier alpha value is -1.89. The third kappa shape index (κ3) is 2.67. The maximum absolute atomic E-state index is 12.5. The van der Waals surface area contributed by atoms with E-state index < -0.39 is 11.9 Å². The Bertz CT molecular complexity index is 511. The molecule has 0 radical (unpaired) electrons. The minimum atomic E-state index is -0.589. The molecule has 2 heterocycles. The predicted molar refractivity (Wildman–Crippen MR) is 73.9 cm³/mol. The van der Waals surface area contributed by atoms with Crippen LogP contribution in [-0.2, 0) is 11.8 Å². The number of carbonyl (C=O) groups is 2. The normalized spacial score (nSPS) is 20.4. The van der Waals surface area contributed by atoms with Crippen LogP contribution in [-0.4, -0.2) is 63.1 Å². The number of amides is 2. The van der Waals surface area contributed by atoms with Gasteiger partial charge >= 0.3 is 0 Å². The SMILES string of the molecule is CC(C)N1CCN(C(=O)c2ccnn2C)C(C(N)=O)C1. The molecule has 0 bridgehead atoms. The van der Waals surface area contributed by atoms with Crippen LogP contribution in [0, 0.1) is 0 Å². The van der Waals surface area contributed by atoms with Gasteiger partial charge in [-0.25, -0.2) is 0 Å². The molecule has 1 saturated heterocycles. The summed E-state index contributed by atoms with van der Waals surface area (Å²) in [5.41, 5.74) is 5.93. The summed E-state index contributed by atoms with van der Waals surface area (Å²) in [6, 6.07) is 1.38. The molecule has 7 heteroatoms. The van der Waals surface area contributed by atoms with Crippen molar-refractivity contribution in [3.05, 3.63) is 18.0 Å². The van der Waals surface area contributed by atoms with Gasteiger partial charge in [0.2, 0.25) is 5.91 Å². The maximum atomic E-state index is 12.5. The van der Waals surface area contributed by atoms with Crippen molar-refractivity contribution in [2.75, 3.05) is 19.6 Å². The summed E-state index contributed by atoms with van der Waals surface area (Å²) in [7, 11) is 1.71. The fourth-order valence-electron chi connectivity index (χ4n) is 2.49. The fourth-order valence-corrected chi connectivity index (χ4v) is 2.49. The second kappa shape index (κ2) is 5.62. The zero-order valence-corrected chi connectivity index (χ0v) is 12.1. The van der Waals surface area contributed by atoms with Crippen LogP contribution in [0.4, 0.5) is 0 Å². The van der Waals surface area contributed by atoms with E-state index in [4.69, 9.17) is 5.73 Å². The Kier molecular flexibility index (Phi) is 4.08. The zero-order valence-electron chi connectivity index (χ0n) is 12.1. The summed E-state index contributed by atoms with van der Waals surface area (Å²) in [6.45, 7) is 5.85. The van der Waals surface area contributed by atoms with Crippen molar-refractivity contribution in [3.63, 3.8) is 0 Å². The van der Waals surface area contributed by atoms with E-state index in [-0.39, 0.29) is 5.91 Å². The lowest BCUT2D eigenvalue weighted by molar-refractivity contribution is -0.124. The van der Waals surface area contributed by atoms with Crippen LogP contribution in [0.5, 0.6) is 0 Å². The average Bonchev–Trinajstić information content (AvgIpc) is 2.83. The molecule has 1 fully saturated rings. The highest BCUT2D eigenvalue weighted by molar-refractivity contribution is 5.96. The van der Waals surface area contributed by atoms with Gasteiger partial charge in [-0.15, -0.1) is 0 Å². The number of aromatic nitrogens is 2. The quantitative estimate of drug-likeness (QED) is 0.804. The van der Waals surface area contributed by atoms with Crippen molar-refractivity contribution in [1.29, 1.82) is 0 Å². The lowest BCUT2D eigenvalue weighted by Gasteiger charge is -2.41. The number of nitrogens with two attached hydrogens (primary N) is 1. The van der Waals surface area contributed by atoms with Crippen molar-refractivity contribution in [2.45, 2.75) is 25.9 Å². The molecule has 1 aromatic rings. The van der Waals surface area contributed by atoms with E-state index in [1.807, 2.05) is 0 Å². The van der Waals surface area contributed by atoms with Gasteiger partial charge in [0.25, 0.3) is 5.91 Å². The number of carbonyl (C=O) groups excluding carboxylic acids is 2. The molecular formula is C13H21N5O2. The van der Waals surface area contributed by atoms with E-state index in [0.29, 0.717) is 24.8 Å². The van der Waals surface area contributed by atoms with E-state index in [1.54, 1.807) is 24.2 Å². The molecule has 1 unspecified atom stereocenters. The Morgan fingerprint density at radius 2 is 2.10 bits per heavy atom. The molecule has 0 aromatic carbocycles. The van der Waals surface area contributed by atoms with Crippen molar-refractivity contribution in [2.24, 2.45) is 12.8 Å². The first kappa shape index (κ1) is 14.5. The minimum absolute atomic E-state index is 0.197. The summed E-state index contributed by atoms with van der Waals surface area (Å²) < 4.78 is 1.51. The van der Waals surface area contributed by atoms with Crippen LogP contribution >= 0.6 is 0 Å². The van der Waals surface area contributed by atoms with Gasteiger partial charge in [0.05, 0.1) is 0 Å². The van der Waals surface area contributed by atoms with Crippen molar-refractivity contribution in [1.82, 2.24) is 19.6 Å². The Labute approximate surface area is 118 Å². The number of hydrogen-bond acceptors (Lipinski definition) is 4. The van der Waals surface area contributed by atoms with Gasteiger partial charge in [-0.05, 0) is 19.9 Å². The van der Waals surface area contributed by atoms with Gasteiger partial charge in [-0.2, -0.15) is 5.10 Å². The highest BCUT2D eigenvalue weighted by atomic mass is 16.2. The highest BCUT2D eigenvalue weighted by Crippen LogP contribution is 2.15. The van der Waals surface area contributed by atoms with Crippen LogP contribution in [0.1, 0.15) is 24.3 Å². The van der Waals surface area contributed by atoms with Gasteiger partial charge in [0.15, 0.2) is 0 Å².